The van der Waals surface area contributed by atoms with Gasteiger partial charge in [-0.05, 0) is 63.9 Å². The van der Waals surface area contributed by atoms with Crippen molar-refractivity contribution >= 4 is 17.8 Å². The van der Waals surface area contributed by atoms with Crippen molar-refractivity contribution in [2.75, 3.05) is 19.8 Å². The van der Waals surface area contributed by atoms with Crippen molar-refractivity contribution in [3.05, 3.63) is 23.8 Å². The molecule has 2 rings (SSSR count). The van der Waals surface area contributed by atoms with E-state index in [-0.39, 0.29) is 42.4 Å². The maximum absolute atomic E-state index is 12.2. The standard InChI is InChI=1S/C31H52N2O9/c1-20(22(3)34)12-11-13-23-19-42-30(29(39)28(23)38)27(37)21(2)18-26(36)41-17-10-6-4-5-7-15-25(35)33-24-14-8-9-16-32-31(24)40/h11-12,18,20,22-24,27-30,34,37-39H,4-10,13-17,19H2,1-3H3,(H,32,40)(H,33,35)/b12-11+,21-18+/t20-,22+,23+,24+,27-,28-,29-,30+/m1/s1. The Morgan fingerprint density at radius 3 is 2.55 bits per heavy atom. The first kappa shape index (κ1) is 35.9. The first-order valence-corrected chi connectivity index (χ1v) is 15.4. The third kappa shape index (κ3) is 12.5. The fraction of sp³-hybridized carbons (Fsp3) is 0.774. The lowest BCUT2D eigenvalue weighted by Gasteiger charge is -2.39. The Balaban J connectivity index is 1.61. The molecule has 42 heavy (non-hydrogen) atoms. The molecule has 0 spiro atoms. The number of ether oxygens (including phenoxy) is 2. The highest BCUT2D eigenvalue weighted by Crippen LogP contribution is 2.27. The van der Waals surface area contributed by atoms with E-state index in [0.717, 1.165) is 38.5 Å². The summed E-state index contributed by atoms with van der Waals surface area (Å²) in [5.41, 5.74) is 0.264. The number of carbonyl (C=O) groups excluding carboxylic acids is 3. The molecule has 0 radical (unpaired) electrons. The number of hydrogen-bond donors (Lipinski definition) is 6. The number of allylic oxidation sites excluding steroid dienone is 1. The van der Waals surface area contributed by atoms with Gasteiger partial charge in [-0.3, -0.25) is 9.59 Å². The van der Waals surface area contributed by atoms with Gasteiger partial charge in [-0.25, -0.2) is 4.79 Å². The molecule has 0 aliphatic carbocycles. The van der Waals surface area contributed by atoms with Crippen molar-refractivity contribution < 1.29 is 44.3 Å². The molecule has 2 aliphatic rings. The summed E-state index contributed by atoms with van der Waals surface area (Å²) in [7, 11) is 0. The fourth-order valence-electron chi connectivity index (χ4n) is 5.03. The number of aliphatic hydroxyl groups is 4. The molecule has 6 N–H and O–H groups in total. The summed E-state index contributed by atoms with van der Waals surface area (Å²) >= 11 is 0. The van der Waals surface area contributed by atoms with Gasteiger partial charge in [0.05, 0.1) is 25.4 Å². The number of rotatable bonds is 16. The molecule has 2 saturated heterocycles. The van der Waals surface area contributed by atoms with Gasteiger partial charge in [0, 0.05) is 25.0 Å². The number of carbonyl (C=O) groups is 3. The van der Waals surface area contributed by atoms with E-state index in [2.05, 4.69) is 10.6 Å². The molecule has 0 unspecified atom stereocenters. The summed E-state index contributed by atoms with van der Waals surface area (Å²) in [4.78, 5) is 36.3. The van der Waals surface area contributed by atoms with E-state index in [4.69, 9.17) is 9.47 Å². The summed E-state index contributed by atoms with van der Waals surface area (Å²) in [6, 6.07) is -0.434. The van der Waals surface area contributed by atoms with Gasteiger partial charge in [0.25, 0.3) is 0 Å². The zero-order valence-electron chi connectivity index (χ0n) is 25.4. The van der Waals surface area contributed by atoms with Crippen molar-refractivity contribution in [3.8, 4) is 0 Å². The van der Waals surface area contributed by atoms with E-state index in [9.17, 15) is 34.8 Å². The minimum atomic E-state index is -1.33. The normalized spacial score (nSPS) is 27.5. The Bertz CT molecular complexity index is 907. The van der Waals surface area contributed by atoms with Gasteiger partial charge in [0.2, 0.25) is 11.8 Å². The highest BCUT2D eigenvalue weighted by molar-refractivity contribution is 5.87. The van der Waals surface area contributed by atoms with Crippen LogP contribution in [-0.2, 0) is 23.9 Å². The molecule has 2 fully saturated rings. The smallest absolute Gasteiger partial charge is 0.330 e. The SMILES string of the molecule is C/C(=C\C(=O)OCCCCCCCC(=O)N[C@H]1CCCCNC1=O)[C@@H](O)[C@@H]1OC[C@H](C/C=C/[C@@H](C)[C@H](C)O)[C@@H](O)[C@H]1O. The second-order valence-electron chi connectivity index (χ2n) is 11.7. The maximum atomic E-state index is 12.2. The van der Waals surface area contributed by atoms with E-state index < -0.39 is 42.5 Å². The van der Waals surface area contributed by atoms with Crippen LogP contribution in [0.3, 0.4) is 0 Å². The molecular weight excluding hydrogens is 544 g/mol. The number of esters is 1. The molecule has 0 aromatic heterocycles. The van der Waals surface area contributed by atoms with E-state index in [1.807, 2.05) is 19.1 Å². The molecule has 0 saturated carbocycles. The number of unbranched alkanes of at least 4 members (excludes halogenated alkanes) is 4. The zero-order chi connectivity index (χ0) is 31.1. The second kappa shape index (κ2) is 19.1. The van der Waals surface area contributed by atoms with Crippen LogP contribution < -0.4 is 10.6 Å². The Labute approximate surface area is 249 Å². The van der Waals surface area contributed by atoms with Crippen LogP contribution in [0.4, 0.5) is 0 Å². The van der Waals surface area contributed by atoms with Gasteiger partial charge < -0.3 is 40.5 Å². The molecule has 0 aromatic carbocycles. The van der Waals surface area contributed by atoms with Gasteiger partial charge in [0.15, 0.2) is 0 Å². The predicted octanol–water partition coefficient (Wildman–Crippen LogP) is 1.66. The van der Waals surface area contributed by atoms with Crippen LogP contribution in [0.1, 0.15) is 85.0 Å². The first-order valence-electron chi connectivity index (χ1n) is 15.4. The molecule has 0 aromatic rings. The molecule has 2 amide bonds. The molecule has 0 bridgehead atoms. The minimum Gasteiger partial charge on any atom is -0.463 e. The van der Waals surface area contributed by atoms with Crippen LogP contribution in [0.25, 0.3) is 0 Å². The number of amides is 2. The lowest BCUT2D eigenvalue weighted by molar-refractivity contribution is -0.187. The van der Waals surface area contributed by atoms with Crippen LogP contribution in [0, 0.1) is 11.8 Å². The average Bonchev–Trinajstić information content (AvgIpc) is 3.15. The van der Waals surface area contributed by atoms with E-state index >= 15 is 0 Å². The Morgan fingerprint density at radius 1 is 1.10 bits per heavy atom. The quantitative estimate of drug-likeness (QED) is 0.0670. The van der Waals surface area contributed by atoms with Gasteiger partial charge in [-0.15, -0.1) is 0 Å². The van der Waals surface area contributed by atoms with Gasteiger partial charge >= 0.3 is 5.97 Å². The molecule has 240 valence electrons. The van der Waals surface area contributed by atoms with Crippen molar-refractivity contribution in [2.24, 2.45) is 11.8 Å². The van der Waals surface area contributed by atoms with Crippen LogP contribution >= 0.6 is 0 Å². The third-order valence-electron chi connectivity index (χ3n) is 8.10. The highest BCUT2D eigenvalue weighted by Gasteiger charge is 2.41. The molecule has 11 heteroatoms. The summed E-state index contributed by atoms with van der Waals surface area (Å²) < 4.78 is 10.9. The van der Waals surface area contributed by atoms with Crippen molar-refractivity contribution in [3.63, 3.8) is 0 Å². The van der Waals surface area contributed by atoms with Crippen molar-refractivity contribution in [1.29, 1.82) is 0 Å². The van der Waals surface area contributed by atoms with E-state index in [1.54, 1.807) is 13.8 Å². The topological polar surface area (TPSA) is 175 Å². The van der Waals surface area contributed by atoms with Crippen LogP contribution in [0.2, 0.25) is 0 Å². The van der Waals surface area contributed by atoms with Crippen LogP contribution in [0.15, 0.2) is 23.8 Å². The Morgan fingerprint density at radius 2 is 1.81 bits per heavy atom. The van der Waals surface area contributed by atoms with E-state index in [1.165, 1.54) is 6.08 Å². The average molecular weight is 597 g/mol. The van der Waals surface area contributed by atoms with Crippen LogP contribution in [0.5, 0.6) is 0 Å². The van der Waals surface area contributed by atoms with Gasteiger partial charge in [-0.2, -0.15) is 0 Å². The summed E-state index contributed by atoms with van der Waals surface area (Å²) in [6.07, 6.45) is 6.90. The van der Waals surface area contributed by atoms with Gasteiger partial charge in [-0.1, -0.05) is 38.3 Å². The molecular formula is C31H52N2O9. The van der Waals surface area contributed by atoms with Crippen molar-refractivity contribution in [1.82, 2.24) is 10.6 Å². The fourth-order valence-corrected chi connectivity index (χ4v) is 5.03. The van der Waals surface area contributed by atoms with Gasteiger partial charge in [0.1, 0.15) is 24.4 Å². The lowest BCUT2D eigenvalue weighted by atomic mass is 9.86. The summed E-state index contributed by atoms with van der Waals surface area (Å²) in [5.74, 6) is -1.21. The highest BCUT2D eigenvalue weighted by atomic mass is 16.5. The molecule has 11 nitrogen and oxygen atoms in total. The lowest BCUT2D eigenvalue weighted by Crippen LogP contribution is -2.54. The largest absolute Gasteiger partial charge is 0.463 e. The zero-order valence-corrected chi connectivity index (χ0v) is 25.4. The molecule has 8 atom stereocenters. The Hall–Kier alpha value is -2.31. The monoisotopic (exact) mass is 596 g/mol. The third-order valence-corrected chi connectivity index (χ3v) is 8.10. The predicted molar refractivity (Wildman–Crippen MR) is 157 cm³/mol. The summed E-state index contributed by atoms with van der Waals surface area (Å²) in [6.45, 7) is 6.14. The molecule has 2 heterocycles. The second-order valence-corrected chi connectivity index (χ2v) is 11.7. The maximum Gasteiger partial charge on any atom is 0.330 e. The van der Waals surface area contributed by atoms with Crippen LogP contribution in [-0.4, -0.2) is 94.5 Å². The molecule has 2 aliphatic heterocycles. The number of nitrogens with one attached hydrogen (secondary N) is 2. The number of aliphatic hydroxyl groups excluding tert-OH is 4. The number of hydrogen-bond acceptors (Lipinski definition) is 9. The Kier molecular flexibility index (Phi) is 16.3. The minimum absolute atomic E-state index is 0.0354. The first-order chi connectivity index (χ1) is 20.0. The van der Waals surface area contributed by atoms with Crippen molar-refractivity contribution in [2.45, 2.75) is 122 Å². The summed E-state index contributed by atoms with van der Waals surface area (Å²) in [5, 5.41) is 47.0. The van der Waals surface area contributed by atoms with E-state index in [0.29, 0.717) is 32.2 Å².